The molecule has 4 heteroatoms. The maximum Gasteiger partial charge on any atom is 0.126 e. The van der Waals surface area contributed by atoms with Crippen LogP contribution in [0.15, 0.2) is 18.2 Å². The van der Waals surface area contributed by atoms with Gasteiger partial charge in [0.2, 0.25) is 0 Å². The van der Waals surface area contributed by atoms with Crippen molar-refractivity contribution in [3.63, 3.8) is 0 Å². The molecule has 0 bridgehead atoms. The molecule has 3 N–H and O–H groups in total. The third-order valence-corrected chi connectivity index (χ3v) is 3.33. The van der Waals surface area contributed by atoms with Crippen molar-refractivity contribution < 1.29 is 4.39 Å². The fourth-order valence-corrected chi connectivity index (χ4v) is 2.21. The van der Waals surface area contributed by atoms with E-state index < -0.39 is 0 Å². The third kappa shape index (κ3) is 4.26. The number of nitrogens with one attached hydrogen (secondary N) is 1. The second-order valence-electron chi connectivity index (χ2n) is 4.48. The lowest BCUT2D eigenvalue weighted by Crippen LogP contribution is -2.41. The highest BCUT2D eigenvalue weighted by atomic mass is 35.5. The molecule has 0 amide bonds. The molecule has 2 nitrogen and oxygen atoms in total. The van der Waals surface area contributed by atoms with Gasteiger partial charge in [-0.1, -0.05) is 31.9 Å². The first-order valence-electron chi connectivity index (χ1n) is 5.98. The number of hydrazine groups is 1. The van der Waals surface area contributed by atoms with E-state index in [1.54, 1.807) is 12.1 Å². The van der Waals surface area contributed by atoms with E-state index >= 15 is 0 Å². The lowest BCUT2D eigenvalue weighted by atomic mass is 9.92. The molecule has 96 valence electrons. The Bertz CT molecular complexity index is 357. The van der Waals surface area contributed by atoms with Crippen LogP contribution in [0.2, 0.25) is 5.02 Å². The normalized spacial score (nSPS) is 14.6. The Kier molecular flexibility index (Phi) is 5.89. The molecular weight excluding hydrogens is 239 g/mol. The van der Waals surface area contributed by atoms with Gasteiger partial charge >= 0.3 is 0 Å². The summed E-state index contributed by atoms with van der Waals surface area (Å²) < 4.78 is 13.6. The Morgan fingerprint density at radius 2 is 2.18 bits per heavy atom. The fraction of sp³-hybridized carbons (Fsp3) is 0.538. The van der Waals surface area contributed by atoms with Crippen LogP contribution < -0.4 is 11.3 Å². The second kappa shape index (κ2) is 6.94. The van der Waals surface area contributed by atoms with Gasteiger partial charge in [-0.15, -0.1) is 0 Å². The summed E-state index contributed by atoms with van der Waals surface area (Å²) in [5.41, 5.74) is 3.39. The quantitative estimate of drug-likeness (QED) is 0.607. The molecule has 0 fully saturated rings. The number of hydrogen-bond donors (Lipinski definition) is 2. The van der Waals surface area contributed by atoms with Crippen molar-refractivity contribution in [2.45, 2.75) is 39.2 Å². The van der Waals surface area contributed by atoms with Gasteiger partial charge in [-0.3, -0.25) is 11.3 Å². The Labute approximate surface area is 107 Å². The van der Waals surface area contributed by atoms with Crippen molar-refractivity contribution in [3.05, 3.63) is 34.6 Å². The first-order valence-corrected chi connectivity index (χ1v) is 6.36. The summed E-state index contributed by atoms with van der Waals surface area (Å²) in [6.45, 7) is 4.25. The minimum absolute atomic E-state index is 0.0721. The van der Waals surface area contributed by atoms with E-state index in [0.29, 0.717) is 22.9 Å². The minimum atomic E-state index is -0.224. The van der Waals surface area contributed by atoms with Crippen LogP contribution in [0.4, 0.5) is 4.39 Å². The lowest BCUT2D eigenvalue weighted by molar-refractivity contribution is 0.353. The molecule has 2 atom stereocenters. The number of halogens is 2. The van der Waals surface area contributed by atoms with E-state index in [1.165, 1.54) is 6.07 Å². The summed E-state index contributed by atoms with van der Waals surface area (Å²) >= 11 is 5.87. The fourth-order valence-electron chi connectivity index (χ4n) is 2.02. The van der Waals surface area contributed by atoms with E-state index in [9.17, 15) is 4.39 Å². The molecule has 1 aromatic carbocycles. The van der Waals surface area contributed by atoms with Crippen molar-refractivity contribution in [2.24, 2.45) is 11.8 Å². The van der Waals surface area contributed by atoms with Gasteiger partial charge in [-0.2, -0.15) is 0 Å². The maximum atomic E-state index is 13.6. The highest BCUT2D eigenvalue weighted by Gasteiger charge is 2.17. The summed E-state index contributed by atoms with van der Waals surface area (Å²) in [7, 11) is 0. The summed E-state index contributed by atoms with van der Waals surface area (Å²) in [4.78, 5) is 0. The Balaban J connectivity index is 2.76. The van der Waals surface area contributed by atoms with E-state index in [1.807, 2.05) is 0 Å². The Hall–Kier alpha value is -0.640. The van der Waals surface area contributed by atoms with Crippen LogP contribution in [-0.2, 0) is 6.42 Å². The molecule has 1 rings (SSSR count). The zero-order chi connectivity index (χ0) is 12.8. The predicted molar refractivity (Wildman–Crippen MR) is 70.3 cm³/mol. The second-order valence-corrected chi connectivity index (χ2v) is 4.92. The molecule has 0 aliphatic rings. The first-order chi connectivity index (χ1) is 8.08. The van der Waals surface area contributed by atoms with Gasteiger partial charge in [0.05, 0.1) is 0 Å². The van der Waals surface area contributed by atoms with Crippen LogP contribution >= 0.6 is 11.6 Å². The molecule has 0 spiro atoms. The third-order valence-electron chi connectivity index (χ3n) is 3.09. The summed E-state index contributed by atoms with van der Waals surface area (Å²) in [6, 6.07) is 4.69. The van der Waals surface area contributed by atoms with Crippen molar-refractivity contribution in [1.82, 2.24) is 5.43 Å². The van der Waals surface area contributed by atoms with E-state index in [0.717, 1.165) is 12.8 Å². The van der Waals surface area contributed by atoms with E-state index in [-0.39, 0.29) is 11.9 Å². The van der Waals surface area contributed by atoms with Crippen molar-refractivity contribution in [2.75, 3.05) is 0 Å². The minimum Gasteiger partial charge on any atom is -0.271 e. The number of benzene rings is 1. The molecule has 0 radical (unpaired) electrons. The van der Waals surface area contributed by atoms with Gasteiger partial charge in [-0.05, 0) is 42.5 Å². The Morgan fingerprint density at radius 3 is 2.76 bits per heavy atom. The first kappa shape index (κ1) is 14.4. The van der Waals surface area contributed by atoms with Gasteiger partial charge in [-0.25, -0.2) is 4.39 Å². The Morgan fingerprint density at radius 1 is 1.47 bits per heavy atom. The molecule has 0 saturated heterocycles. The number of rotatable bonds is 6. The SMILES string of the molecule is CCCC(C)C(Cc1cc(Cl)ccc1F)NN. The van der Waals surface area contributed by atoms with Crippen LogP contribution in [0.3, 0.4) is 0 Å². The molecule has 0 saturated carbocycles. The largest absolute Gasteiger partial charge is 0.271 e. The van der Waals surface area contributed by atoms with E-state index in [2.05, 4.69) is 19.3 Å². The zero-order valence-corrected chi connectivity index (χ0v) is 11.1. The average Bonchev–Trinajstić information content (AvgIpc) is 2.30. The van der Waals surface area contributed by atoms with Crippen molar-refractivity contribution >= 4 is 11.6 Å². The monoisotopic (exact) mass is 258 g/mol. The molecule has 0 aromatic heterocycles. The van der Waals surface area contributed by atoms with Crippen LogP contribution in [0.5, 0.6) is 0 Å². The molecule has 1 aromatic rings. The summed E-state index contributed by atoms with van der Waals surface area (Å²) in [5.74, 6) is 5.72. The van der Waals surface area contributed by atoms with Crippen LogP contribution in [0.1, 0.15) is 32.3 Å². The molecule has 0 aliphatic heterocycles. The van der Waals surface area contributed by atoms with Crippen molar-refractivity contribution in [3.8, 4) is 0 Å². The summed E-state index contributed by atoms with van der Waals surface area (Å²) in [6.07, 6.45) is 2.72. The number of nitrogens with two attached hydrogens (primary N) is 1. The molecule has 17 heavy (non-hydrogen) atoms. The topological polar surface area (TPSA) is 38.0 Å². The van der Waals surface area contributed by atoms with Gasteiger partial charge < -0.3 is 0 Å². The van der Waals surface area contributed by atoms with Crippen LogP contribution in [0, 0.1) is 11.7 Å². The average molecular weight is 259 g/mol. The molecule has 0 aliphatic carbocycles. The summed E-state index contributed by atoms with van der Waals surface area (Å²) in [5, 5.41) is 0.556. The van der Waals surface area contributed by atoms with Crippen molar-refractivity contribution in [1.29, 1.82) is 0 Å². The number of hydrogen-bond acceptors (Lipinski definition) is 2. The van der Waals surface area contributed by atoms with E-state index in [4.69, 9.17) is 17.4 Å². The molecule has 0 heterocycles. The maximum absolute atomic E-state index is 13.6. The molecular formula is C13H20ClFN2. The van der Waals surface area contributed by atoms with Crippen LogP contribution in [0.25, 0.3) is 0 Å². The van der Waals surface area contributed by atoms with Crippen LogP contribution in [-0.4, -0.2) is 6.04 Å². The van der Waals surface area contributed by atoms with Gasteiger partial charge in [0.1, 0.15) is 5.82 Å². The lowest BCUT2D eigenvalue weighted by Gasteiger charge is -2.23. The highest BCUT2D eigenvalue weighted by Crippen LogP contribution is 2.20. The molecule has 2 unspecified atom stereocenters. The van der Waals surface area contributed by atoms with Gasteiger partial charge in [0.25, 0.3) is 0 Å². The zero-order valence-electron chi connectivity index (χ0n) is 10.3. The predicted octanol–water partition coefficient (Wildman–Crippen LogP) is 3.29. The smallest absolute Gasteiger partial charge is 0.126 e. The van der Waals surface area contributed by atoms with Gasteiger partial charge in [0, 0.05) is 11.1 Å². The standard InChI is InChI=1S/C13H20ClFN2/c1-3-4-9(2)13(17-16)8-10-7-11(14)5-6-12(10)15/h5-7,9,13,17H,3-4,8,16H2,1-2H3. The van der Waals surface area contributed by atoms with Gasteiger partial charge in [0.15, 0.2) is 0 Å². The highest BCUT2D eigenvalue weighted by molar-refractivity contribution is 6.30.